The maximum atomic E-state index is 12.9. The van der Waals surface area contributed by atoms with Gasteiger partial charge in [-0.25, -0.2) is 4.39 Å². The molecule has 0 radical (unpaired) electrons. The molecule has 15 heavy (non-hydrogen) atoms. The van der Waals surface area contributed by atoms with Gasteiger partial charge in [-0.15, -0.1) is 0 Å². The van der Waals surface area contributed by atoms with E-state index >= 15 is 0 Å². The zero-order valence-electron chi connectivity index (χ0n) is 9.19. The molecule has 3 heteroatoms. The monoisotopic (exact) mass is 273 g/mol. The van der Waals surface area contributed by atoms with Gasteiger partial charge in [0.05, 0.1) is 4.47 Å². The van der Waals surface area contributed by atoms with Gasteiger partial charge < -0.3 is 5.32 Å². The van der Waals surface area contributed by atoms with Crippen LogP contribution in [0, 0.1) is 5.82 Å². The molecule has 0 saturated carbocycles. The highest BCUT2D eigenvalue weighted by molar-refractivity contribution is 9.10. The SMILES string of the molecule is CCC(C)NCCc1ccc(F)c(Br)c1. The highest BCUT2D eigenvalue weighted by Gasteiger charge is 2.01. The first-order chi connectivity index (χ1) is 7.13. The van der Waals surface area contributed by atoms with E-state index in [4.69, 9.17) is 0 Å². The molecule has 84 valence electrons. The lowest BCUT2D eigenvalue weighted by Gasteiger charge is -2.11. The molecule has 0 aliphatic rings. The van der Waals surface area contributed by atoms with E-state index in [1.807, 2.05) is 12.1 Å². The molecule has 1 rings (SSSR count). The summed E-state index contributed by atoms with van der Waals surface area (Å²) in [6.07, 6.45) is 2.07. The van der Waals surface area contributed by atoms with Crippen LogP contribution in [0.5, 0.6) is 0 Å². The summed E-state index contributed by atoms with van der Waals surface area (Å²) in [5, 5.41) is 3.41. The van der Waals surface area contributed by atoms with Gasteiger partial charge in [-0.2, -0.15) is 0 Å². The van der Waals surface area contributed by atoms with Crippen LogP contribution in [-0.4, -0.2) is 12.6 Å². The second-order valence-corrected chi connectivity index (χ2v) is 4.62. The molecular formula is C12H17BrFN. The van der Waals surface area contributed by atoms with Crippen LogP contribution in [0.3, 0.4) is 0 Å². The Morgan fingerprint density at radius 1 is 1.47 bits per heavy atom. The molecule has 1 unspecified atom stereocenters. The number of rotatable bonds is 5. The average Bonchev–Trinajstić information content (AvgIpc) is 2.23. The van der Waals surface area contributed by atoms with Gasteiger partial charge in [0, 0.05) is 6.04 Å². The topological polar surface area (TPSA) is 12.0 Å². The number of nitrogens with one attached hydrogen (secondary N) is 1. The van der Waals surface area contributed by atoms with Gasteiger partial charge in [-0.1, -0.05) is 13.0 Å². The number of halogens is 2. The first-order valence-corrected chi connectivity index (χ1v) is 6.10. The summed E-state index contributed by atoms with van der Waals surface area (Å²) in [6, 6.07) is 5.73. The lowest BCUT2D eigenvalue weighted by Crippen LogP contribution is -2.27. The number of hydrogen-bond donors (Lipinski definition) is 1. The quantitative estimate of drug-likeness (QED) is 0.866. The van der Waals surface area contributed by atoms with Crippen molar-refractivity contribution in [2.24, 2.45) is 0 Å². The smallest absolute Gasteiger partial charge is 0.137 e. The Kier molecular flexibility index (Phi) is 5.26. The van der Waals surface area contributed by atoms with Gasteiger partial charge in [-0.05, 0) is 59.9 Å². The maximum absolute atomic E-state index is 12.9. The van der Waals surface area contributed by atoms with E-state index < -0.39 is 0 Å². The Bertz CT molecular complexity index is 314. The summed E-state index contributed by atoms with van der Waals surface area (Å²) in [5.74, 6) is -0.200. The average molecular weight is 274 g/mol. The first kappa shape index (κ1) is 12.7. The van der Waals surface area contributed by atoms with Crippen LogP contribution < -0.4 is 5.32 Å². The fourth-order valence-corrected chi connectivity index (χ4v) is 1.73. The Hall–Kier alpha value is -0.410. The normalized spacial score (nSPS) is 12.8. The minimum atomic E-state index is -0.200. The Morgan fingerprint density at radius 2 is 2.20 bits per heavy atom. The zero-order valence-corrected chi connectivity index (χ0v) is 10.8. The molecule has 0 spiro atoms. The van der Waals surface area contributed by atoms with Gasteiger partial charge in [0.15, 0.2) is 0 Å². The first-order valence-electron chi connectivity index (χ1n) is 5.30. The molecule has 1 aromatic rings. The van der Waals surface area contributed by atoms with E-state index in [9.17, 15) is 4.39 Å². The van der Waals surface area contributed by atoms with E-state index in [2.05, 4.69) is 35.1 Å². The molecule has 1 aromatic carbocycles. The third kappa shape index (κ3) is 4.31. The molecule has 1 atom stereocenters. The van der Waals surface area contributed by atoms with Crippen molar-refractivity contribution in [1.82, 2.24) is 5.32 Å². The third-order valence-corrected chi connectivity index (χ3v) is 3.11. The van der Waals surface area contributed by atoms with Crippen molar-refractivity contribution >= 4 is 15.9 Å². The lowest BCUT2D eigenvalue weighted by atomic mass is 10.1. The second-order valence-electron chi connectivity index (χ2n) is 3.76. The second kappa shape index (κ2) is 6.23. The van der Waals surface area contributed by atoms with Crippen molar-refractivity contribution in [3.8, 4) is 0 Å². The molecule has 1 nitrogen and oxygen atoms in total. The van der Waals surface area contributed by atoms with E-state index in [-0.39, 0.29) is 5.82 Å². The molecule has 0 aromatic heterocycles. The predicted molar refractivity (Wildman–Crippen MR) is 65.6 cm³/mol. The Labute approximate surface area is 99.2 Å². The van der Waals surface area contributed by atoms with E-state index in [0.29, 0.717) is 10.5 Å². The van der Waals surface area contributed by atoms with Crippen LogP contribution in [0.4, 0.5) is 4.39 Å². The van der Waals surface area contributed by atoms with Crippen molar-refractivity contribution in [2.75, 3.05) is 6.54 Å². The van der Waals surface area contributed by atoms with E-state index in [1.54, 1.807) is 0 Å². The molecule has 0 saturated heterocycles. The summed E-state index contributed by atoms with van der Waals surface area (Å²) < 4.78 is 13.5. The summed E-state index contributed by atoms with van der Waals surface area (Å²) >= 11 is 3.19. The summed E-state index contributed by atoms with van der Waals surface area (Å²) in [7, 11) is 0. The standard InChI is InChI=1S/C12H17BrFN/c1-3-9(2)15-7-6-10-4-5-12(14)11(13)8-10/h4-5,8-9,15H,3,6-7H2,1-2H3. The molecule has 0 heterocycles. The van der Waals surface area contributed by atoms with Crippen molar-refractivity contribution in [3.63, 3.8) is 0 Å². The van der Waals surface area contributed by atoms with Crippen molar-refractivity contribution in [2.45, 2.75) is 32.7 Å². The van der Waals surface area contributed by atoms with Crippen LogP contribution >= 0.6 is 15.9 Å². The van der Waals surface area contributed by atoms with Crippen molar-refractivity contribution < 1.29 is 4.39 Å². The highest BCUT2D eigenvalue weighted by Crippen LogP contribution is 2.16. The highest BCUT2D eigenvalue weighted by atomic mass is 79.9. The molecule has 0 aliphatic carbocycles. The summed E-state index contributed by atoms with van der Waals surface area (Å²) in [5.41, 5.74) is 1.15. The van der Waals surface area contributed by atoms with Crippen LogP contribution in [0.2, 0.25) is 0 Å². The van der Waals surface area contributed by atoms with Crippen LogP contribution in [0.15, 0.2) is 22.7 Å². The Morgan fingerprint density at radius 3 is 2.80 bits per heavy atom. The van der Waals surface area contributed by atoms with Gasteiger partial charge in [-0.3, -0.25) is 0 Å². The minimum Gasteiger partial charge on any atom is -0.314 e. The Balaban J connectivity index is 2.41. The van der Waals surface area contributed by atoms with Gasteiger partial charge in [0.25, 0.3) is 0 Å². The molecule has 0 fully saturated rings. The zero-order chi connectivity index (χ0) is 11.3. The van der Waals surface area contributed by atoms with Gasteiger partial charge in [0.1, 0.15) is 5.82 Å². The molecular weight excluding hydrogens is 257 g/mol. The van der Waals surface area contributed by atoms with Crippen LogP contribution in [0.1, 0.15) is 25.8 Å². The number of hydrogen-bond acceptors (Lipinski definition) is 1. The van der Waals surface area contributed by atoms with Crippen LogP contribution in [0.25, 0.3) is 0 Å². The maximum Gasteiger partial charge on any atom is 0.137 e. The molecule has 0 amide bonds. The van der Waals surface area contributed by atoms with E-state index in [0.717, 1.165) is 24.9 Å². The fourth-order valence-electron chi connectivity index (χ4n) is 1.30. The third-order valence-electron chi connectivity index (χ3n) is 2.50. The lowest BCUT2D eigenvalue weighted by molar-refractivity contribution is 0.537. The van der Waals surface area contributed by atoms with Gasteiger partial charge in [0.2, 0.25) is 0 Å². The van der Waals surface area contributed by atoms with Crippen LogP contribution in [-0.2, 0) is 6.42 Å². The van der Waals surface area contributed by atoms with Crippen molar-refractivity contribution in [1.29, 1.82) is 0 Å². The fraction of sp³-hybridized carbons (Fsp3) is 0.500. The number of benzene rings is 1. The molecule has 0 bridgehead atoms. The van der Waals surface area contributed by atoms with Gasteiger partial charge >= 0.3 is 0 Å². The summed E-state index contributed by atoms with van der Waals surface area (Å²) in [4.78, 5) is 0. The van der Waals surface area contributed by atoms with E-state index in [1.165, 1.54) is 6.07 Å². The molecule has 1 N–H and O–H groups in total. The predicted octanol–water partition coefficient (Wildman–Crippen LogP) is 3.52. The largest absolute Gasteiger partial charge is 0.314 e. The molecule has 0 aliphatic heterocycles. The summed E-state index contributed by atoms with van der Waals surface area (Å²) in [6.45, 7) is 5.26. The minimum absolute atomic E-state index is 0.200. The van der Waals surface area contributed by atoms with Crippen molar-refractivity contribution in [3.05, 3.63) is 34.1 Å².